The number of carboxylic acid groups (broad SMARTS) is 1. The molecule has 0 aliphatic carbocycles. The second kappa shape index (κ2) is 5.68. The van der Waals surface area contributed by atoms with Crippen LogP contribution in [0.2, 0.25) is 5.04 Å². The zero-order valence-corrected chi connectivity index (χ0v) is 11.8. The quantitative estimate of drug-likeness (QED) is 0.660. The summed E-state index contributed by atoms with van der Waals surface area (Å²) in [6, 6.07) is 6.70. The topological polar surface area (TPSA) is 46.5 Å². The molecule has 0 aliphatic heterocycles. The molecule has 0 unspecified atom stereocenters. The van der Waals surface area contributed by atoms with Crippen molar-refractivity contribution in [1.29, 1.82) is 0 Å². The maximum atomic E-state index is 10.6. The van der Waals surface area contributed by atoms with E-state index in [0.717, 1.165) is 5.56 Å². The van der Waals surface area contributed by atoms with Crippen molar-refractivity contribution in [2.45, 2.75) is 25.8 Å². The molecule has 0 spiro atoms. The van der Waals surface area contributed by atoms with Gasteiger partial charge in [0.05, 0.1) is 11.8 Å². The van der Waals surface area contributed by atoms with Crippen LogP contribution in [0, 0.1) is 0 Å². The smallest absolute Gasteiger partial charge is 0.335 e. The van der Waals surface area contributed by atoms with Gasteiger partial charge in [-0.15, -0.1) is 0 Å². The summed E-state index contributed by atoms with van der Waals surface area (Å²) < 4.78 is 5.52. The maximum absolute atomic E-state index is 10.6. The molecule has 0 saturated heterocycles. The maximum Gasteiger partial charge on any atom is 0.335 e. The lowest BCUT2D eigenvalue weighted by Crippen LogP contribution is -2.09. The van der Waals surface area contributed by atoms with E-state index in [1.54, 1.807) is 30.5 Å². The van der Waals surface area contributed by atoms with Gasteiger partial charge in [-0.1, -0.05) is 32.9 Å². The highest BCUT2D eigenvalue weighted by Gasteiger charge is 2.10. The first-order chi connectivity index (χ1) is 7.88. The van der Waals surface area contributed by atoms with Crippen LogP contribution in [0.3, 0.4) is 0 Å². The minimum absolute atomic E-state index is 0.275. The van der Waals surface area contributed by atoms with Gasteiger partial charge >= 0.3 is 5.97 Å². The first kappa shape index (κ1) is 13.5. The average Bonchev–Trinajstić information content (AvgIpc) is 2.24. The summed E-state index contributed by atoms with van der Waals surface area (Å²) >= 11 is 0. The Bertz CT molecular complexity index is 402. The Morgan fingerprint density at radius 3 is 2.35 bits per heavy atom. The predicted octanol–water partition coefficient (Wildman–Crippen LogP) is 2.67. The zero-order valence-electron chi connectivity index (χ0n) is 10.4. The van der Waals surface area contributed by atoms with Crippen molar-refractivity contribution in [1.82, 2.24) is 0 Å². The molecular weight excluding hydrogens is 232 g/mol. The summed E-state index contributed by atoms with van der Waals surface area (Å²) in [5, 5.41) is 9.02. The largest absolute Gasteiger partial charge is 0.554 e. The minimum atomic E-state index is -0.906. The fourth-order valence-electron chi connectivity index (χ4n) is 1.16. The van der Waals surface area contributed by atoms with Gasteiger partial charge in [0.2, 0.25) is 9.76 Å². The van der Waals surface area contributed by atoms with Crippen LogP contribution < -0.4 is 0 Å². The number of aromatic carboxylic acids is 1. The normalized spacial score (nSPS) is 12.4. The minimum Gasteiger partial charge on any atom is -0.554 e. The number of carbonyl (C=O) groups is 1. The van der Waals surface area contributed by atoms with E-state index >= 15 is 0 Å². The molecule has 92 valence electrons. The van der Waals surface area contributed by atoms with Crippen LogP contribution in [0.1, 0.15) is 36.7 Å². The van der Waals surface area contributed by atoms with Gasteiger partial charge in [-0.05, 0) is 28.8 Å². The standard InChI is InChI=1S/C13H18O3Si/c1-13(2,3)17-16-9-8-10-4-6-11(7-5-10)12(14)15/h4-9H,17H2,1-3H3,(H,14,15). The van der Waals surface area contributed by atoms with E-state index in [2.05, 4.69) is 20.8 Å². The number of hydrogen-bond donors (Lipinski definition) is 1. The molecule has 0 heterocycles. The van der Waals surface area contributed by atoms with E-state index in [1.807, 2.05) is 6.08 Å². The Labute approximate surface area is 104 Å². The molecule has 17 heavy (non-hydrogen) atoms. The molecule has 3 nitrogen and oxygen atoms in total. The van der Waals surface area contributed by atoms with E-state index in [9.17, 15) is 4.79 Å². The second-order valence-electron chi connectivity index (χ2n) is 5.10. The summed E-state index contributed by atoms with van der Waals surface area (Å²) in [7, 11) is -0.568. The summed E-state index contributed by atoms with van der Waals surface area (Å²) in [4.78, 5) is 10.6. The van der Waals surface area contributed by atoms with Gasteiger partial charge in [0, 0.05) is 0 Å². The van der Waals surface area contributed by atoms with E-state index in [1.165, 1.54) is 0 Å². The lowest BCUT2D eigenvalue weighted by Gasteiger charge is -2.15. The molecule has 0 radical (unpaired) electrons. The highest BCUT2D eigenvalue weighted by Crippen LogP contribution is 2.20. The van der Waals surface area contributed by atoms with Crippen LogP contribution in [0.4, 0.5) is 0 Å². The van der Waals surface area contributed by atoms with Gasteiger partial charge < -0.3 is 9.53 Å². The average molecular weight is 250 g/mol. The fourth-order valence-corrected chi connectivity index (χ4v) is 1.85. The third-order valence-electron chi connectivity index (χ3n) is 2.03. The van der Waals surface area contributed by atoms with Gasteiger partial charge in [-0.25, -0.2) is 4.79 Å². The summed E-state index contributed by atoms with van der Waals surface area (Å²) in [5.41, 5.74) is 1.24. The summed E-state index contributed by atoms with van der Waals surface area (Å²) in [6.07, 6.45) is 3.55. The summed E-state index contributed by atoms with van der Waals surface area (Å²) in [6.45, 7) is 6.48. The van der Waals surface area contributed by atoms with Crippen molar-refractivity contribution < 1.29 is 14.3 Å². The molecule has 1 aromatic carbocycles. The lowest BCUT2D eigenvalue weighted by atomic mass is 10.1. The van der Waals surface area contributed by atoms with Crippen molar-refractivity contribution in [3.8, 4) is 0 Å². The van der Waals surface area contributed by atoms with Crippen LogP contribution in [0.15, 0.2) is 30.5 Å². The third kappa shape index (κ3) is 5.35. The summed E-state index contributed by atoms with van der Waals surface area (Å²) in [5.74, 6) is -0.906. The van der Waals surface area contributed by atoms with Gasteiger partial charge in [-0.3, -0.25) is 0 Å². The predicted molar refractivity (Wildman–Crippen MR) is 71.8 cm³/mol. The van der Waals surface area contributed by atoms with Crippen molar-refractivity contribution >= 4 is 21.8 Å². The number of benzene rings is 1. The van der Waals surface area contributed by atoms with Gasteiger partial charge in [0.15, 0.2) is 0 Å². The highest BCUT2D eigenvalue weighted by atomic mass is 28.2. The van der Waals surface area contributed by atoms with Crippen molar-refractivity contribution in [3.05, 3.63) is 41.7 Å². The van der Waals surface area contributed by atoms with Crippen molar-refractivity contribution in [2.75, 3.05) is 0 Å². The molecule has 0 atom stereocenters. The molecule has 0 saturated carbocycles. The van der Waals surface area contributed by atoms with Crippen LogP contribution >= 0.6 is 0 Å². The van der Waals surface area contributed by atoms with Gasteiger partial charge in [-0.2, -0.15) is 0 Å². The van der Waals surface area contributed by atoms with Gasteiger partial charge in [0.25, 0.3) is 0 Å². The Hall–Kier alpha value is -1.55. The first-order valence-electron chi connectivity index (χ1n) is 5.50. The van der Waals surface area contributed by atoms with Crippen LogP contribution in [-0.4, -0.2) is 20.8 Å². The Kier molecular flexibility index (Phi) is 4.51. The molecule has 1 aromatic rings. The van der Waals surface area contributed by atoms with Crippen molar-refractivity contribution in [3.63, 3.8) is 0 Å². The van der Waals surface area contributed by atoms with Crippen LogP contribution in [-0.2, 0) is 4.43 Å². The van der Waals surface area contributed by atoms with Crippen LogP contribution in [0.5, 0.6) is 0 Å². The Morgan fingerprint density at radius 1 is 1.29 bits per heavy atom. The SMILES string of the molecule is CC(C)(C)[SiH2]OC=Cc1ccc(C(=O)O)cc1. The number of hydrogen-bond acceptors (Lipinski definition) is 2. The third-order valence-corrected chi connectivity index (χ3v) is 3.26. The highest BCUT2D eigenvalue weighted by molar-refractivity contribution is 6.32. The fraction of sp³-hybridized carbons (Fsp3) is 0.308. The molecule has 0 bridgehead atoms. The second-order valence-corrected chi connectivity index (χ2v) is 7.84. The Morgan fingerprint density at radius 2 is 1.88 bits per heavy atom. The molecule has 1 rings (SSSR count). The molecule has 0 aliphatic rings. The Balaban J connectivity index is 2.52. The molecular formula is C13H18O3Si. The van der Waals surface area contributed by atoms with Crippen molar-refractivity contribution in [2.24, 2.45) is 0 Å². The lowest BCUT2D eigenvalue weighted by molar-refractivity contribution is 0.0697. The molecule has 4 heteroatoms. The van der Waals surface area contributed by atoms with Crippen LogP contribution in [0.25, 0.3) is 6.08 Å². The van der Waals surface area contributed by atoms with E-state index in [4.69, 9.17) is 9.53 Å². The molecule has 0 fully saturated rings. The van der Waals surface area contributed by atoms with E-state index in [0.29, 0.717) is 5.56 Å². The monoisotopic (exact) mass is 250 g/mol. The molecule has 0 aromatic heterocycles. The van der Waals surface area contributed by atoms with E-state index in [-0.39, 0.29) is 5.04 Å². The van der Waals surface area contributed by atoms with Gasteiger partial charge in [0.1, 0.15) is 0 Å². The first-order valence-corrected chi connectivity index (χ1v) is 6.78. The zero-order chi connectivity index (χ0) is 12.9. The number of carboxylic acids is 1. The number of rotatable bonds is 4. The molecule has 0 amide bonds. The van der Waals surface area contributed by atoms with E-state index < -0.39 is 15.7 Å². The molecule has 1 N–H and O–H groups in total.